The maximum atomic E-state index is 13.3. The van der Waals surface area contributed by atoms with Crippen LogP contribution < -0.4 is 10.3 Å². The van der Waals surface area contributed by atoms with Crippen molar-refractivity contribution in [3.05, 3.63) is 81.4 Å². The molecule has 0 spiro atoms. The highest BCUT2D eigenvalue weighted by atomic mass is 16.5. The first-order valence-corrected chi connectivity index (χ1v) is 10.0. The first-order chi connectivity index (χ1) is 14.0. The van der Waals surface area contributed by atoms with E-state index in [0.29, 0.717) is 23.6 Å². The van der Waals surface area contributed by atoms with Gasteiger partial charge in [0.25, 0.3) is 5.56 Å². The van der Waals surface area contributed by atoms with Crippen molar-refractivity contribution in [1.29, 1.82) is 0 Å². The number of aromatic amines is 1. The van der Waals surface area contributed by atoms with Gasteiger partial charge in [0.05, 0.1) is 23.3 Å². The SMILES string of the molecule is Cc1cc(CC(=O)C2(c3ccc4c(c3)CCO4)CC2)nc(-c2ccc[nH]c2=O)c1. The lowest BCUT2D eigenvalue weighted by atomic mass is 9.87. The number of rotatable bonds is 5. The zero-order chi connectivity index (χ0) is 20.0. The Morgan fingerprint density at radius 3 is 2.86 bits per heavy atom. The molecule has 1 saturated carbocycles. The topological polar surface area (TPSA) is 72.0 Å². The minimum Gasteiger partial charge on any atom is -0.493 e. The van der Waals surface area contributed by atoms with Crippen molar-refractivity contribution < 1.29 is 9.53 Å². The number of fused-ring (bicyclic) bond motifs is 1. The summed E-state index contributed by atoms with van der Waals surface area (Å²) in [5, 5.41) is 0. The fourth-order valence-corrected chi connectivity index (χ4v) is 4.26. The summed E-state index contributed by atoms with van der Waals surface area (Å²) in [5.74, 6) is 1.14. The number of aryl methyl sites for hydroxylation is 1. The van der Waals surface area contributed by atoms with Crippen LogP contribution in [-0.2, 0) is 23.1 Å². The van der Waals surface area contributed by atoms with E-state index in [1.54, 1.807) is 18.3 Å². The number of hydrogen-bond donors (Lipinski definition) is 1. The van der Waals surface area contributed by atoms with Gasteiger partial charge in [0, 0.05) is 24.7 Å². The lowest BCUT2D eigenvalue weighted by molar-refractivity contribution is -0.120. The molecule has 2 aliphatic rings. The largest absolute Gasteiger partial charge is 0.493 e. The van der Waals surface area contributed by atoms with E-state index in [9.17, 15) is 9.59 Å². The van der Waals surface area contributed by atoms with Crippen LogP contribution in [0.5, 0.6) is 5.75 Å². The third-order valence-corrected chi connectivity index (χ3v) is 5.98. The summed E-state index contributed by atoms with van der Waals surface area (Å²) in [4.78, 5) is 32.7. The fraction of sp³-hybridized carbons (Fsp3) is 0.292. The number of pyridine rings is 2. The van der Waals surface area contributed by atoms with Crippen LogP contribution in [-0.4, -0.2) is 22.4 Å². The van der Waals surface area contributed by atoms with Gasteiger partial charge in [0.1, 0.15) is 11.5 Å². The van der Waals surface area contributed by atoms with Gasteiger partial charge < -0.3 is 9.72 Å². The number of nitrogens with one attached hydrogen (secondary N) is 1. The molecule has 3 aromatic rings. The number of hydrogen-bond acceptors (Lipinski definition) is 4. The number of ether oxygens (including phenoxy) is 1. The van der Waals surface area contributed by atoms with Crippen LogP contribution in [0.15, 0.2) is 53.5 Å². The van der Waals surface area contributed by atoms with E-state index in [0.717, 1.165) is 36.1 Å². The summed E-state index contributed by atoms with van der Waals surface area (Å²) in [6, 6.07) is 13.5. The Balaban J connectivity index is 1.44. The molecule has 0 saturated heterocycles. The monoisotopic (exact) mass is 386 g/mol. The van der Waals surface area contributed by atoms with Crippen molar-refractivity contribution in [1.82, 2.24) is 9.97 Å². The van der Waals surface area contributed by atoms with E-state index in [1.165, 1.54) is 5.56 Å². The van der Waals surface area contributed by atoms with Crippen LogP contribution in [0.25, 0.3) is 11.3 Å². The molecule has 0 radical (unpaired) electrons. The number of Topliss-reactive ketones (excluding diaryl/α,β-unsaturated/α-hetero) is 1. The second-order valence-electron chi connectivity index (χ2n) is 8.04. The highest BCUT2D eigenvalue weighted by molar-refractivity contribution is 5.94. The Kier molecular flexibility index (Phi) is 4.12. The zero-order valence-electron chi connectivity index (χ0n) is 16.3. The fourth-order valence-electron chi connectivity index (χ4n) is 4.26. The summed E-state index contributed by atoms with van der Waals surface area (Å²) in [6.07, 6.45) is 4.53. The number of carbonyl (C=O) groups is 1. The third kappa shape index (κ3) is 3.16. The second-order valence-corrected chi connectivity index (χ2v) is 8.04. The standard InChI is InChI=1S/C24H22N2O3/c1-15-11-18(26-20(12-15)19-3-2-9-25-23(19)28)14-22(27)24(7-8-24)17-4-5-21-16(13-17)6-10-29-21/h2-5,9,11-13H,6-8,10,14H2,1H3,(H,25,28). The van der Waals surface area contributed by atoms with Crippen LogP contribution in [0.4, 0.5) is 0 Å². The highest BCUT2D eigenvalue weighted by Gasteiger charge is 2.50. The van der Waals surface area contributed by atoms with Gasteiger partial charge in [-0.2, -0.15) is 0 Å². The second kappa shape index (κ2) is 6.69. The van der Waals surface area contributed by atoms with Crippen LogP contribution in [0.1, 0.15) is 35.2 Å². The van der Waals surface area contributed by atoms with Gasteiger partial charge in [-0.1, -0.05) is 12.1 Å². The smallest absolute Gasteiger partial charge is 0.257 e. The Bertz CT molecular complexity index is 1170. The minimum absolute atomic E-state index is 0.179. The molecule has 3 heterocycles. The van der Waals surface area contributed by atoms with Crippen LogP contribution in [0, 0.1) is 6.92 Å². The number of carbonyl (C=O) groups excluding carboxylic acids is 1. The van der Waals surface area contributed by atoms with Gasteiger partial charge in [-0.15, -0.1) is 0 Å². The zero-order valence-corrected chi connectivity index (χ0v) is 16.3. The van der Waals surface area contributed by atoms with E-state index in [1.807, 2.05) is 31.2 Å². The molecule has 5 nitrogen and oxygen atoms in total. The van der Waals surface area contributed by atoms with Gasteiger partial charge in [0.15, 0.2) is 0 Å². The number of benzene rings is 1. The average molecular weight is 386 g/mol. The van der Waals surface area contributed by atoms with E-state index in [2.05, 4.69) is 16.0 Å². The lowest BCUT2D eigenvalue weighted by Crippen LogP contribution is -2.23. The van der Waals surface area contributed by atoms with E-state index < -0.39 is 5.41 Å². The molecule has 1 aliphatic heterocycles. The molecule has 146 valence electrons. The third-order valence-electron chi connectivity index (χ3n) is 5.98. The first-order valence-electron chi connectivity index (χ1n) is 10.0. The minimum atomic E-state index is -0.395. The molecule has 1 aliphatic carbocycles. The number of nitrogens with zero attached hydrogens (tertiary/aromatic N) is 1. The Morgan fingerprint density at radius 2 is 2.07 bits per heavy atom. The Morgan fingerprint density at radius 1 is 1.21 bits per heavy atom. The molecule has 0 unspecified atom stereocenters. The van der Waals surface area contributed by atoms with Gasteiger partial charge >= 0.3 is 0 Å². The predicted molar refractivity (Wildman–Crippen MR) is 110 cm³/mol. The summed E-state index contributed by atoms with van der Waals surface area (Å²) in [5.41, 5.74) is 4.54. The highest BCUT2D eigenvalue weighted by Crippen LogP contribution is 2.50. The number of ketones is 1. The molecular weight excluding hydrogens is 364 g/mol. The summed E-state index contributed by atoms with van der Waals surface area (Å²) < 4.78 is 5.60. The molecule has 5 rings (SSSR count). The summed E-state index contributed by atoms with van der Waals surface area (Å²) in [6.45, 7) is 2.68. The van der Waals surface area contributed by atoms with Crippen molar-refractivity contribution in [2.45, 2.75) is 38.0 Å². The normalized spacial score (nSPS) is 16.2. The van der Waals surface area contributed by atoms with Crippen LogP contribution in [0.2, 0.25) is 0 Å². The van der Waals surface area contributed by atoms with Crippen molar-refractivity contribution in [3.8, 4) is 17.0 Å². The maximum absolute atomic E-state index is 13.3. The number of H-pyrrole nitrogens is 1. The van der Waals surface area contributed by atoms with Crippen LogP contribution in [0.3, 0.4) is 0 Å². The Hall–Kier alpha value is -3.21. The van der Waals surface area contributed by atoms with E-state index in [-0.39, 0.29) is 17.8 Å². The van der Waals surface area contributed by atoms with E-state index >= 15 is 0 Å². The van der Waals surface area contributed by atoms with E-state index in [4.69, 9.17) is 4.74 Å². The summed E-state index contributed by atoms with van der Waals surface area (Å²) in [7, 11) is 0. The number of aromatic nitrogens is 2. The molecule has 0 atom stereocenters. The quantitative estimate of drug-likeness (QED) is 0.728. The van der Waals surface area contributed by atoms with Crippen molar-refractivity contribution in [3.63, 3.8) is 0 Å². The van der Waals surface area contributed by atoms with Crippen LogP contribution >= 0.6 is 0 Å². The average Bonchev–Trinajstić information content (AvgIpc) is 3.39. The predicted octanol–water partition coefficient (Wildman–Crippen LogP) is 3.52. The maximum Gasteiger partial charge on any atom is 0.257 e. The van der Waals surface area contributed by atoms with Crippen molar-refractivity contribution in [2.75, 3.05) is 6.61 Å². The molecule has 1 N–H and O–H groups in total. The molecular formula is C24H22N2O3. The first kappa shape index (κ1) is 17.9. The molecule has 1 aromatic carbocycles. The molecule has 1 fully saturated rings. The van der Waals surface area contributed by atoms with Gasteiger partial charge in [-0.3, -0.25) is 14.6 Å². The molecule has 2 aromatic heterocycles. The van der Waals surface area contributed by atoms with Gasteiger partial charge in [-0.05, 0) is 66.8 Å². The van der Waals surface area contributed by atoms with Gasteiger partial charge in [0.2, 0.25) is 0 Å². The van der Waals surface area contributed by atoms with Crippen molar-refractivity contribution >= 4 is 5.78 Å². The lowest BCUT2D eigenvalue weighted by Gasteiger charge is -2.16. The molecule has 29 heavy (non-hydrogen) atoms. The molecule has 5 heteroatoms. The summed E-state index contributed by atoms with van der Waals surface area (Å²) >= 11 is 0. The molecule has 0 amide bonds. The van der Waals surface area contributed by atoms with Gasteiger partial charge in [-0.25, -0.2) is 0 Å². The molecule has 0 bridgehead atoms. The van der Waals surface area contributed by atoms with Crippen molar-refractivity contribution in [2.24, 2.45) is 0 Å². The Labute approximate surface area is 168 Å².